The topological polar surface area (TPSA) is 117 Å². The van der Waals surface area contributed by atoms with E-state index in [1.165, 1.54) is 38.5 Å². The van der Waals surface area contributed by atoms with Crippen LogP contribution in [0, 0.1) is 0 Å². The van der Waals surface area contributed by atoms with Gasteiger partial charge in [-0.3, -0.25) is 4.79 Å². The van der Waals surface area contributed by atoms with Crippen LogP contribution >= 0.6 is 0 Å². The Hall–Kier alpha value is -2.79. The third-order valence-electron chi connectivity index (χ3n) is 4.28. The molecule has 0 fully saturated rings. The maximum Gasteiger partial charge on any atom is 0.337 e. The quantitative estimate of drug-likeness (QED) is 0.226. The number of sulfonamides is 1. The lowest BCUT2D eigenvalue weighted by molar-refractivity contribution is -0.00842. The molecule has 2 aromatic rings. The van der Waals surface area contributed by atoms with E-state index in [1.54, 1.807) is 32.9 Å². The van der Waals surface area contributed by atoms with E-state index in [-0.39, 0.29) is 35.2 Å². The van der Waals surface area contributed by atoms with Crippen LogP contribution in [0.1, 0.15) is 41.5 Å². The Labute approximate surface area is 194 Å². The highest BCUT2D eigenvalue weighted by Crippen LogP contribution is 2.35. The third-order valence-corrected chi connectivity index (χ3v) is 6.04. The molecule has 0 aliphatic heterocycles. The fraction of sp³-hybridized carbons (Fsp3) is 0.391. The number of ether oxygens (including phenoxy) is 4. The van der Waals surface area contributed by atoms with E-state index in [4.69, 9.17) is 18.9 Å². The summed E-state index contributed by atoms with van der Waals surface area (Å²) in [6.07, 6.45) is 0.544. The molecule has 180 valence electrons. The fourth-order valence-electron chi connectivity index (χ4n) is 2.94. The van der Waals surface area contributed by atoms with E-state index < -0.39 is 21.5 Å². The van der Waals surface area contributed by atoms with E-state index in [0.29, 0.717) is 24.0 Å². The van der Waals surface area contributed by atoms with E-state index >= 15 is 0 Å². The first-order valence-electron chi connectivity index (χ1n) is 10.1. The van der Waals surface area contributed by atoms with Crippen LogP contribution in [0.5, 0.6) is 5.75 Å². The molecule has 0 heterocycles. The average Bonchev–Trinajstić information content (AvgIpc) is 2.76. The second-order valence-corrected chi connectivity index (χ2v) is 9.78. The summed E-state index contributed by atoms with van der Waals surface area (Å²) in [5.41, 5.74) is 0.279. The van der Waals surface area contributed by atoms with Crippen LogP contribution < -0.4 is 9.46 Å². The first kappa shape index (κ1) is 26.5. The zero-order chi connectivity index (χ0) is 24.6. The van der Waals surface area contributed by atoms with Crippen molar-refractivity contribution in [2.24, 2.45) is 0 Å². The monoisotopic (exact) mass is 479 g/mol. The zero-order valence-corrected chi connectivity index (χ0v) is 20.2. The van der Waals surface area contributed by atoms with Crippen LogP contribution in [0.3, 0.4) is 0 Å². The van der Waals surface area contributed by atoms with Crippen LogP contribution in [0.4, 0.5) is 0 Å². The van der Waals surface area contributed by atoms with Crippen LogP contribution in [0.15, 0.2) is 41.3 Å². The van der Waals surface area contributed by atoms with Crippen molar-refractivity contribution in [3.63, 3.8) is 0 Å². The highest BCUT2D eigenvalue weighted by atomic mass is 32.2. The van der Waals surface area contributed by atoms with Gasteiger partial charge in [-0.05, 0) is 50.6 Å². The molecular weight excluding hydrogens is 450 g/mol. The minimum absolute atomic E-state index is 0.0216. The Bertz CT molecular complexity index is 1090. The molecule has 0 aliphatic rings. The van der Waals surface area contributed by atoms with Gasteiger partial charge in [-0.25, -0.2) is 17.9 Å². The van der Waals surface area contributed by atoms with Gasteiger partial charge >= 0.3 is 5.97 Å². The van der Waals surface area contributed by atoms with E-state index in [9.17, 15) is 18.0 Å². The minimum atomic E-state index is -3.83. The number of aldehydes is 1. The highest BCUT2D eigenvalue weighted by Gasteiger charge is 2.24. The Balaban J connectivity index is 2.58. The van der Waals surface area contributed by atoms with Gasteiger partial charge in [0.25, 0.3) is 0 Å². The summed E-state index contributed by atoms with van der Waals surface area (Å²) in [6.45, 7) is 5.66. The number of carbonyl (C=O) groups excluding carboxylic acids is 2. The molecule has 10 heteroatoms. The molecule has 2 rings (SSSR count). The SMILES string of the molecule is COCCOCOc1c(C=O)cc(C(=O)OC)cc1-c1cccc(S(=O)(=O)NC(C)(C)C)c1. The number of hydrogen-bond donors (Lipinski definition) is 1. The Morgan fingerprint density at radius 1 is 1.09 bits per heavy atom. The van der Waals surface area contributed by atoms with Crippen molar-refractivity contribution < 1.29 is 37.0 Å². The maximum absolute atomic E-state index is 12.8. The first-order valence-corrected chi connectivity index (χ1v) is 11.6. The molecule has 2 aromatic carbocycles. The average molecular weight is 480 g/mol. The molecule has 0 aliphatic carbocycles. The number of nitrogens with one attached hydrogen (secondary N) is 1. The number of rotatable bonds is 11. The lowest BCUT2D eigenvalue weighted by Gasteiger charge is -2.21. The summed E-state index contributed by atoms with van der Waals surface area (Å²) in [6, 6.07) is 8.94. The molecule has 0 amide bonds. The number of benzene rings is 2. The molecule has 0 aromatic heterocycles. The Morgan fingerprint density at radius 2 is 1.82 bits per heavy atom. The Kier molecular flexibility index (Phi) is 9.12. The maximum atomic E-state index is 12.8. The summed E-state index contributed by atoms with van der Waals surface area (Å²) in [5, 5.41) is 0. The molecule has 0 radical (unpaired) electrons. The van der Waals surface area contributed by atoms with Gasteiger partial charge in [0.05, 0.1) is 36.3 Å². The van der Waals surface area contributed by atoms with Crippen molar-refractivity contribution in [3.8, 4) is 16.9 Å². The number of hydrogen-bond acceptors (Lipinski definition) is 8. The minimum Gasteiger partial charge on any atom is -0.466 e. The normalized spacial score (nSPS) is 11.8. The molecule has 33 heavy (non-hydrogen) atoms. The largest absolute Gasteiger partial charge is 0.466 e. The predicted octanol–water partition coefficient (Wildman–Crippen LogP) is 3.03. The molecule has 1 N–H and O–H groups in total. The van der Waals surface area contributed by atoms with Gasteiger partial charge in [-0.1, -0.05) is 12.1 Å². The van der Waals surface area contributed by atoms with Gasteiger partial charge in [-0.2, -0.15) is 0 Å². The molecule has 0 unspecified atom stereocenters. The Morgan fingerprint density at radius 3 is 2.42 bits per heavy atom. The van der Waals surface area contributed by atoms with E-state index in [2.05, 4.69) is 4.72 Å². The molecule has 0 bridgehead atoms. The molecule has 9 nitrogen and oxygen atoms in total. The summed E-state index contributed by atoms with van der Waals surface area (Å²) < 4.78 is 49.0. The van der Waals surface area contributed by atoms with Gasteiger partial charge in [0.1, 0.15) is 5.75 Å². The number of carbonyl (C=O) groups is 2. The molecule has 0 spiro atoms. The smallest absolute Gasteiger partial charge is 0.337 e. The van der Waals surface area contributed by atoms with Crippen molar-refractivity contribution in [1.29, 1.82) is 0 Å². The van der Waals surface area contributed by atoms with Crippen molar-refractivity contribution in [2.75, 3.05) is 34.2 Å². The highest BCUT2D eigenvalue weighted by molar-refractivity contribution is 7.89. The third kappa shape index (κ3) is 7.36. The second kappa shape index (κ2) is 11.4. The standard InChI is InChI=1S/C23H29NO8S/c1-23(2,3)24-33(27,28)19-8-6-7-16(12-19)20-13-17(22(26)30-5)11-18(14-25)21(20)32-15-31-10-9-29-4/h6-8,11-14,24H,9-10,15H2,1-5H3. The second-order valence-electron chi connectivity index (χ2n) is 8.10. The summed E-state index contributed by atoms with van der Waals surface area (Å²) in [5.74, 6) is -0.506. The van der Waals surface area contributed by atoms with Gasteiger partial charge in [-0.15, -0.1) is 0 Å². The molecular formula is C23H29NO8S. The van der Waals surface area contributed by atoms with E-state index in [1.807, 2.05) is 0 Å². The fourth-order valence-corrected chi connectivity index (χ4v) is 4.41. The van der Waals surface area contributed by atoms with Gasteiger partial charge < -0.3 is 18.9 Å². The van der Waals surface area contributed by atoms with Gasteiger partial charge in [0.2, 0.25) is 10.0 Å². The van der Waals surface area contributed by atoms with Gasteiger partial charge in [0, 0.05) is 18.2 Å². The van der Waals surface area contributed by atoms with Crippen molar-refractivity contribution in [1.82, 2.24) is 4.72 Å². The van der Waals surface area contributed by atoms with Crippen molar-refractivity contribution >= 4 is 22.3 Å². The first-order chi connectivity index (χ1) is 15.5. The van der Waals surface area contributed by atoms with Crippen LogP contribution in [-0.2, 0) is 24.2 Å². The molecule has 0 saturated heterocycles. The lowest BCUT2D eigenvalue weighted by atomic mass is 9.98. The van der Waals surface area contributed by atoms with Crippen LogP contribution in [0.2, 0.25) is 0 Å². The van der Waals surface area contributed by atoms with Crippen LogP contribution in [-0.4, -0.2) is 60.4 Å². The number of esters is 1. The predicted molar refractivity (Wildman–Crippen MR) is 122 cm³/mol. The lowest BCUT2D eigenvalue weighted by Crippen LogP contribution is -2.40. The molecule has 0 saturated carbocycles. The molecule has 0 atom stereocenters. The summed E-state index contributed by atoms with van der Waals surface area (Å²) >= 11 is 0. The van der Waals surface area contributed by atoms with Crippen molar-refractivity contribution in [2.45, 2.75) is 31.2 Å². The summed E-state index contributed by atoms with van der Waals surface area (Å²) in [4.78, 5) is 24.0. The van der Waals surface area contributed by atoms with Crippen molar-refractivity contribution in [3.05, 3.63) is 47.5 Å². The zero-order valence-electron chi connectivity index (χ0n) is 19.3. The van der Waals surface area contributed by atoms with Crippen LogP contribution in [0.25, 0.3) is 11.1 Å². The number of methoxy groups -OCH3 is 2. The van der Waals surface area contributed by atoms with Gasteiger partial charge in [0.15, 0.2) is 13.1 Å². The van der Waals surface area contributed by atoms with E-state index in [0.717, 1.165) is 0 Å². The summed E-state index contributed by atoms with van der Waals surface area (Å²) in [7, 11) is -1.07.